The van der Waals surface area contributed by atoms with Gasteiger partial charge in [0.15, 0.2) is 0 Å². The molecule has 0 aliphatic heterocycles. The Morgan fingerprint density at radius 3 is 2.90 bits per heavy atom. The standard InChI is InChI=1S/C15H20ClN3O/c1-12-13(16)7-6-8-14(12)19-15(17-11-18-19)9-4-3-5-10-20-2/h6-8,11H,3-5,9-10H2,1-2H3. The van der Waals surface area contributed by atoms with Crippen LogP contribution in [0.3, 0.4) is 0 Å². The molecule has 0 saturated heterocycles. The Bertz CT molecular complexity index is 554. The number of aryl methyl sites for hydroxylation is 1. The lowest BCUT2D eigenvalue weighted by Gasteiger charge is -2.10. The number of benzene rings is 1. The van der Waals surface area contributed by atoms with E-state index in [1.165, 1.54) is 0 Å². The molecule has 0 unspecified atom stereocenters. The van der Waals surface area contributed by atoms with Crippen LogP contribution in [-0.2, 0) is 11.2 Å². The van der Waals surface area contributed by atoms with Gasteiger partial charge in [-0.1, -0.05) is 24.1 Å². The molecule has 2 rings (SSSR count). The van der Waals surface area contributed by atoms with Crippen molar-refractivity contribution >= 4 is 11.6 Å². The Hall–Kier alpha value is -1.39. The summed E-state index contributed by atoms with van der Waals surface area (Å²) in [5.74, 6) is 0.979. The maximum Gasteiger partial charge on any atom is 0.138 e. The Morgan fingerprint density at radius 1 is 1.25 bits per heavy atom. The first-order valence-electron chi connectivity index (χ1n) is 6.87. The van der Waals surface area contributed by atoms with E-state index in [-0.39, 0.29) is 0 Å². The summed E-state index contributed by atoms with van der Waals surface area (Å²) in [6.45, 7) is 2.82. The van der Waals surface area contributed by atoms with Crippen molar-refractivity contribution in [2.75, 3.05) is 13.7 Å². The number of nitrogens with zero attached hydrogens (tertiary/aromatic N) is 3. The topological polar surface area (TPSA) is 39.9 Å². The number of rotatable bonds is 7. The molecule has 2 aromatic rings. The summed E-state index contributed by atoms with van der Waals surface area (Å²) in [6, 6.07) is 5.85. The van der Waals surface area contributed by atoms with Crippen molar-refractivity contribution in [3.8, 4) is 5.69 Å². The van der Waals surface area contributed by atoms with Gasteiger partial charge in [-0.2, -0.15) is 5.10 Å². The fourth-order valence-electron chi connectivity index (χ4n) is 2.17. The third kappa shape index (κ3) is 3.58. The van der Waals surface area contributed by atoms with Crippen LogP contribution in [0.25, 0.3) is 5.69 Å². The number of hydrogen-bond acceptors (Lipinski definition) is 3. The van der Waals surface area contributed by atoms with Gasteiger partial charge in [0.1, 0.15) is 12.2 Å². The second kappa shape index (κ2) is 7.41. The molecule has 0 N–H and O–H groups in total. The van der Waals surface area contributed by atoms with Gasteiger partial charge in [-0.05, 0) is 37.5 Å². The molecular formula is C15H20ClN3O. The van der Waals surface area contributed by atoms with Crippen LogP contribution in [-0.4, -0.2) is 28.5 Å². The molecule has 4 nitrogen and oxygen atoms in total. The first kappa shape index (κ1) is 15.0. The van der Waals surface area contributed by atoms with Crippen LogP contribution in [0.2, 0.25) is 5.02 Å². The van der Waals surface area contributed by atoms with Crippen LogP contribution >= 0.6 is 11.6 Å². The first-order chi connectivity index (χ1) is 9.74. The molecule has 108 valence electrons. The van der Waals surface area contributed by atoms with E-state index in [0.29, 0.717) is 0 Å². The van der Waals surface area contributed by atoms with E-state index in [2.05, 4.69) is 10.1 Å². The van der Waals surface area contributed by atoms with Gasteiger partial charge in [0, 0.05) is 25.2 Å². The molecular weight excluding hydrogens is 274 g/mol. The van der Waals surface area contributed by atoms with Crippen molar-refractivity contribution in [1.29, 1.82) is 0 Å². The fourth-order valence-corrected chi connectivity index (χ4v) is 2.34. The Kier molecular flexibility index (Phi) is 5.56. The van der Waals surface area contributed by atoms with Gasteiger partial charge in [-0.25, -0.2) is 9.67 Å². The summed E-state index contributed by atoms with van der Waals surface area (Å²) in [5, 5.41) is 5.08. The third-order valence-corrected chi connectivity index (χ3v) is 3.74. The normalized spacial score (nSPS) is 10.9. The van der Waals surface area contributed by atoms with Crippen LogP contribution < -0.4 is 0 Å². The summed E-state index contributed by atoms with van der Waals surface area (Å²) >= 11 is 6.17. The fraction of sp³-hybridized carbons (Fsp3) is 0.467. The van der Waals surface area contributed by atoms with Crippen LogP contribution in [0.4, 0.5) is 0 Å². The lowest BCUT2D eigenvalue weighted by Crippen LogP contribution is -2.05. The molecule has 0 bridgehead atoms. The summed E-state index contributed by atoms with van der Waals surface area (Å²) in [5.41, 5.74) is 2.03. The summed E-state index contributed by atoms with van der Waals surface area (Å²) in [6.07, 6.45) is 5.82. The highest BCUT2D eigenvalue weighted by molar-refractivity contribution is 6.31. The quantitative estimate of drug-likeness (QED) is 0.733. The SMILES string of the molecule is COCCCCCc1ncnn1-c1cccc(Cl)c1C. The second-order valence-electron chi connectivity index (χ2n) is 4.78. The van der Waals surface area contributed by atoms with E-state index in [4.69, 9.17) is 16.3 Å². The third-order valence-electron chi connectivity index (χ3n) is 3.33. The zero-order chi connectivity index (χ0) is 14.4. The Balaban J connectivity index is 2.06. The average molecular weight is 294 g/mol. The zero-order valence-electron chi connectivity index (χ0n) is 12.0. The predicted octanol–water partition coefficient (Wildman–Crippen LogP) is 3.59. The van der Waals surface area contributed by atoms with Crippen molar-refractivity contribution < 1.29 is 4.74 Å². The highest BCUT2D eigenvalue weighted by atomic mass is 35.5. The number of methoxy groups -OCH3 is 1. The summed E-state index contributed by atoms with van der Waals surface area (Å²) < 4.78 is 6.94. The smallest absolute Gasteiger partial charge is 0.138 e. The number of hydrogen-bond donors (Lipinski definition) is 0. The number of aromatic nitrogens is 3. The molecule has 0 atom stereocenters. The highest BCUT2D eigenvalue weighted by Gasteiger charge is 2.10. The predicted molar refractivity (Wildman–Crippen MR) is 80.5 cm³/mol. The maximum absolute atomic E-state index is 6.17. The minimum atomic E-state index is 0.754. The maximum atomic E-state index is 6.17. The molecule has 0 fully saturated rings. The number of ether oxygens (including phenoxy) is 1. The molecule has 1 heterocycles. The molecule has 0 saturated carbocycles. The Labute approximate surface area is 124 Å². The van der Waals surface area contributed by atoms with Crippen molar-refractivity contribution in [2.24, 2.45) is 0 Å². The molecule has 0 radical (unpaired) electrons. The van der Waals surface area contributed by atoms with Crippen LogP contribution in [0.5, 0.6) is 0 Å². The molecule has 0 amide bonds. The highest BCUT2D eigenvalue weighted by Crippen LogP contribution is 2.22. The van der Waals surface area contributed by atoms with Crippen LogP contribution in [0.15, 0.2) is 24.5 Å². The minimum Gasteiger partial charge on any atom is -0.385 e. The van der Waals surface area contributed by atoms with Crippen molar-refractivity contribution in [2.45, 2.75) is 32.6 Å². The van der Waals surface area contributed by atoms with E-state index in [1.807, 2.05) is 29.8 Å². The van der Waals surface area contributed by atoms with Crippen molar-refractivity contribution in [1.82, 2.24) is 14.8 Å². The van der Waals surface area contributed by atoms with E-state index in [0.717, 1.165) is 54.4 Å². The lowest BCUT2D eigenvalue weighted by atomic mass is 10.1. The molecule has 5 heteroatoms. The Morgan fingerprint density at radius 2 is 2.10 bits per heavy atom. The molecule has 20 heavy (non-hydrogen) atoms. The molecule has 0 aliphatic rings. The number of unbranched alkanes of at least 4 members (excludes halogenated alkanes) is 2. The zero-order valence-corrected chi connectivity index (χ0v) is 12.7. The van der Waals surface area contributed by atoms with Gasteiger partial charge >= 0.3 is 0 Å². The monoisotopic (exact) mass is 293 g/mol. The van der Waals surface area contributed by atoms with Crippen LogP contribution in [0, 0.1) is 6.92 Å². The van der Waals surface area contributed by atoms with Gasteiger partial charge in [0.05, 0.1) is 5.69 Å². The summed E-state index contributed by atoms with van der Waals surface area (Å²) in [4.78, 5) is 4.36. The van der Waals surface area contributed by atoms with Gasteiger partial charge in [-0.3, -0.25) is 0 Å². The van der Waals surface area contributed by atoms with E-state index in [9.17, 15) is 0 Å². The lowest BCUT2D eigenvalue weighted by molar-refractivity contribution is 0.192. The molecule has 0 spiro atoms. The second-order valence-corrected chi connectivity index (χ2v) is 5.18. The first-order valence-corrected chi connectivity index (χ1v) is 7.25. The van der Waals surface area contributed by atoms with E-state index in [1.54, 1.807) is 13.4 Å². The van der Waals surface area contributed by atoms with Gasteiger partial charge in [0.2, 0.25) is 0 Å². The molecule has 0 aliphatic carbocycles. The number of halogens is 1. The summed E-state index contributed by atoms with van der Waals surface area (Å²) in [7, 11) is 1.73. The van der Waals surface area contributed by atoms with Crippen molar-refractivity contribution in [3.05, 3.63) is 40.9 Å². The van der Waals surface area contributed by atoms with Crippen LogP contribution in [0.1, 0.15) is 30.7 Å². The van der Waals surface area contributed by atoms with E-state index >= 15 is 0 Å². The average Bonchev–Trinajstić information content (AvgIpc) is 2.90. The van der Waals surface area contributed by atoms with Gasteiger partial charge < -0.3 is 4.74 Å². The van der Waals surface area contributed by atoms with Gasteiger partial charge in [0.25, 0.3) is 0 Å². The molecule has 1 aromatic carbocycles. The molecule has 1 aromatic heterocycles. The van der Waals surface area contributed by atoms with Gasteiger partial charge in [-0.15, -0.1) is 0 Å². The minimum absolute atomic E-state index is 0.754. The van der Waals surface area contributed by atoms with E-state index < -0.39 is 0 Å². The van der Waals surface area contributed by atoms with Crippen molar-refractivity contribution in [3.63, 3.8) is 0 Å². The largest absolute Gasteiger partial charge is 0.385 e.